The van der Waals surface area contributed by atoms with Gasteiger partial charge in [0.05, 0.1) is 25.9 Å². The summed E-state index contributed by atoms with van der Waals surface area (Å²) in [5, 5.41) is 0. The average Bonchev–Trinajstić information content (AvgIpc) is 3.04. The van der Waals surface area contributed by atoms with Crippen molar-refractivity contribution in [1.29, 1.82) is 0 Å². The topological polar surface area (TPSA) is 54.0 Å². The fourth-order valence-corrected chi connectivity index (χ4v) is 4.36. The van der Waals surface area contributed by atoms with Gasteiger partial charge in [-0.1, -0.05) is 18.2 Å². The summed E-state index contributed by atoms with van der Waals surface area (Å²) in [5.74, 6) is 0.606. The van der Waals surface area contributed by atoms with Crippen LogP contribution in [0.5, 0.6) is 5.75 Å². The van der Waals surface area contributed by atoms with E-state index in [4.69, 9.17) is 18.9 Å². The molecule has 0 amide bonds. The van der Waals surface area contributed by atoms with Crippen molar-refractivity contribution in [3.05, 3.63) is 41.5 Å². The van der Waals surface area contributed by atoms with Gasteiger partial charge in [0.1, 0.15) is 11.4 Å². The molecule has 5 heteroatoms. The number of carbonyl (C=O) groups excluding carboxylic acids is 1. The average molecular weight is 403 g/mol. The van der Waals surface area contributed by atoms with Gasteiger partial charge in [0, 0.05) is 20.0 Å². The van der Waals surface area contributed by atoms with Crippen molar-refractivity contribution in [2.45, 2.75) is 83.2 Å². The molecule has 3 atom stereocenters. The highest BCUT2D eigenvalue weighted by molar-refractivity contribution is 5.66. The molecule has 0 N–H and O–H groups in total. The van der Waals surface area contributed by atoms with E-state index in [0.29, 0.717) is 13.2 Å². The Balaban J connectivity index is 1.48. The van der Waals surface area contributed by atoms with Gasteiger partial charge in [0.2, 0.25) is 0 Å². The van der Waals surface area contributed by atoms with Gasteiger partial charge >= 0.3 is 5.97 Å². The third kappa shape index (κ3) is 6.06. The maximum absolute atomic E-state index is 11.7. The summed E-state index contributed by atoms with van der Waals surface area (Å²) in [6, 6.07) is 7.91. The van der Waals surface area contributed by atoms with Crippen LogP contribution in [0.15, 0.2) is 35.9 Å². The third-order valence-electron chi connectivity index (χ3n) is 5.90. The Hall–Kier alpha value is -1.85. The predicted molar refractivity (Wildman–Crippen MR) is 112 cm³/mol. The van der Waals surface area contributed by atoms with Gasteiger partial charge in [-0.2, -0.15) is 0 Å². The molecular weight excluding hydrogens is 368 g/mol. The lowest BCUT2D eigenvalue weighted by Crippen LogP contribution is -2.39. The molecule has 0 bridgehead atoms. The van der Waals surface area contributed by atoms with Crippen LogP contribution in [-0.4, -0.2) is 37.5 Å². The Morgan fingerprint density at radius 2 is 2.03 bits per heavy atom. The van der Waals surface area contributed by atoms with Crippen molar-refractivity contribution in [1.82, 2.24) is 0 Å². The molecule has 0 unspecified atom stereocenters. The first-order chi connectivity index (χ1) is 14.0. The zero-order chi connectivity index (χ0) is 20.7. The molecule has 1 heterocycles. The van der Waals surface area contributed by atoms with Gasteiger partial charge < -0.3 is 18.9 Å². The summed E-state index contributed by atoms with van der Waals surface area (Å²) in [6.07, 6.45) is 9.43. The zero-order valence-corrected chi connectivity index (χ0v) is 17.9. The number of carbonyl (C=O) groups is 1. The molecular formula is C24H34O5. The largest absolute Gasteiger partial charge is 0.497 e. The summed E-state index contributed by atoms with van der Waals surface area (Å²) >= 11 is 0. The highest BCUT2D eigenvalue weighted by atomic mass is 16.6. The smallest absolute Gasteiger partial charge is 0.303 e. The highest BCUT2D eigenvalue weighted by Crippen LogP contribution is 2.41. The Morgan fingerprint density at radius 1 is 1.24 bits per heavy atom. The maximum Gasteiger partial charge on any atom is 0.303 e. The van der Waals surface area contributed by atoms with E-state index in [1.165, 1.54) is 25.3 Å². The highest BCUT2D eigenvalue weighted by Gasteiger charge is 2.48. The van der Waals surface area contributed by atoms with Gasteiger partial charge in [-0.05, 0) is 68.7 Å². The minimum atomic E-state index is -0.565. The van der Waals surface area contributed by atoms with Crippen LogP contribution in [0.3, 0.4) is 0 Å². The molecule has 0 saturated carbocycles. The Labute approximate surface area is 174 Å². The van der Waals surface area contributed by atoms with Crippen molar-refractivity contribution >= 4 is 5.97 Å². The lowest BCUT2D eigenvalue weighted by molar-refractivity contribution is -0.161. The van der Waals surface area contributed by atoms with Gasteiger partial charge in [-0.15, -0.1) is 0 Å². The summed E-state index contributed by atoms with van der Waals surface area (Å²) in [7, 11) is 1.66. The molecule has 1 aromatic carbocycles. The monoisotopic (exact) mass is 402 g/mol. The number of ether oxygens (including phenoxy) is 4. The molecule has 1 aromatic rings. The molecule has 2 aliphatic rings. The van der Waals surface area contributed by atoms with E-state index >= 15 is 0 Å². The quantitative estimate of drug-likeness (QED) is 0.332. The molecule has 0 aromatic heterocycles. The number of benzene rings is 1. The molecule has 0 radical (unpaired) electrons. The summed E-state index contributed by atoms with van der Waals surface area (Å²) < 4.78 is 23.1. The molecule has 1 aliphatic heterocycles. The van der Waals surface area contributed by atoms with Crippen LogP contribution in [-0.2, 0) is 25.6 Å². The standard InChI is InChI=1S/C24H34O5/c1-18(25)29-24(2)16-22(20-8-5-4-6-9-20)28-23(24)10-7-15-27-17-19-11-13-21(26-3)14-12-19/h8,11-14,22-23H,4-7,9-10,15-17H2,1-3H3/t22-,23-,24-/m1/s1. The minimum Gasteiger partial charge on any atom is -0.497 e. The number of allylic oxidation sites excluding steroid dienone is 1. The molecule has 160 valence electrons. The summed E-state index contributed by atoms with van der Waals surface area (Å²) in [5.41, 5.74) is 1.94. The van der Waals surface area contributed by atoms with E-state index in [9.17, 15) is 4.79 Å². The Kier molecular flexibility index (Phi) is 7.73. The Morgan fingerprint density at radius 3 is 2.69 bits per heavy atom. The van der Waals surface area contributed by atoms with Crippen LogP contribution in [0.4, 0.5) is 0 Å². The molecule has 1 aliphatic carbocycles. The second kappa shape index (κ2) is 10.3. The van der Waals surface area contributed by atoms with Crippen LogP contribution in [0.2, 0.25) is 0 Å². The van der Waals surface area contributed by atoms with Gasteiger partial charge in [-0.3, -0.25) is 4.79 Å². The first-order valence-electron chi connectivity index (χ1n) is 10.7. The third-order valence-corrected chi connectivity index (χ3v) is 5.90. The van der Waals surface area contributed by atoms with Gasteiger partial charge in [-0.25, -0.2) is 0 Å². The van der Waals surface area contributed by atoms with Crippen LogP contribution < -0.4 is 4.74 Å². The maximum atomic E-state index is 11.7. The fourth-order valence-electron chi connectivity index (χ4n) is 4.36. The lowest BCUT2D eigenvalue weighted by Gasteiger charge is -2.29. The summed E-state index contributed by atoms with van der Waals surface area (Å²) in [6.45, 7) is 4.72. The number of hydrogen-bond donors (Lipinski definition) is 0. The van der Waals surface area contributed by atoms with E-state index in [-0.39, 0.29) is 18.2 Å². The predicted octanol–water partition coefficient (Wildman–Crippen LogP) is 4.97. The van der Waals surface area contributed by atoms with E-state index in [0.717, 1.165) is 43.4 Å². The number of rotatable bonds is 9. The second-order valence-electron chi connectivity index (χ2n) is 8.29. The molecule has 0 spiro atoms. The number of esters is 1. The zero-order valence-electron chi connectivity index (χ0n) is 17.9. The normalized spacial score (nSPS) is 26.8. The van der Waals surface area contributed by atoms with Crippen molar-refractivity contribution in [3.8, 4) is 5.75 Å². The van der Waals surface area contributed by atoms with E-state index in [1.807, 2.05) is 31.2 Å². The van der Waals surface area contributed by atoms with Crippen molar-refractivity contribution in [2.24, 2.45) is 0 Å². The summed E-state index contributed by atoms with van der Waals surface area (Å²) in [4.78, 5) is 11.7. The van der Waals surface area contributed by atoms with Crippen LogP contribution in [0.25, 0.3) is 0 Å². The second-order valence-corrected chi connectivity index (χ2v) is 8.29. The SMILES string of the molecule is COc1ccc(COCCC[C@H]2O[C@@H](C3=CCCCC3)C[C@@]2(C)OC(C)=O)cc1. The van der Waals surface area contributed by atoms with E-state index in [1.54, 1.807) is 7.11 Å². The van der Waals surface area contributed by atoms with Crippen molar-refractivity contribution in [2.75, 3.05) is 13.7 Å². The van der Waals surface area contributed by atoms with Gasteiger partial charge in [0.25, 0.3) is 0 Å². The van der Waals surface area contributed by atoms with Crippen LogP contribution in [0, 0.1) is 0 Å². The van der Waals surface area contributed by atoms with Crippen LogP contribution in [0.1, 0.15) is 64.4 Å². The van der Waals surface area contributed by atoms with E-state index < -0.39 is 5.60 Å². The number of hydrogen-bond acceptors (Lipinski definition) is 5. The van der Waals surface area contributed by atoms with Crippen molar-refractivity contribution < 1.29 is 23.7 Å². The molecule has 1 fully saturated rings. The molecule has 1 saturated heterocycles. The van der Waals surface area contributed by atoms with E-state index in [2.05, 4.69) is 6.08 Å². The van der Waals surface area contributed by atoms with Crippen LogP contribution >= 0.6 is 0 Å². The minimum absolute atomic E-state index is 0.0740. The first kappa shape index (κ1) is 21.8. The van der Waals surface area contributed by atoms with Gasteiger partial charge in [0.15, 0.2) is 0 Å². The number of methoxy groups -OCH3 is 1. The fraction of sp³-hybridized carbons (Fsp3) is 0.625. The first-order valence-corrected chi connectivity index (χ1v) is 10.7. The lowest BCUT2D eigenvalue weighted by atomic mass is 9.88. The molecule has 29 heavy (non-hydrogen) atoms. The molecule has 3 rings (SSSR count). The Bertz CT molecular complexity index is 696. The molecule has 5 nitrogen and oxygen atoms in total. The van der Waals surface area contributed by atoms with Crippen molar-refractivity contribution in [3.63, 3.8) is 0 Å².